The Balaban J connectivity index is 1.68. The van der Waals surface area contributed by atoms with Gasteiger partial charge >= 0.3 is 6.03 Å². The number of urea groups is 1. The minimum absolute atomic E-state index is 0.0000109. The van der Waals surface area contributed by atoms with Crippen LogP contribution in [0.5, 0.6) is 5.75 Å². The maximum Gasteiger partial charge on any atom is 0.325 e. The molecule has 146 valence electrons. The standard InChI is InChI=1S/C19H26N4O4/c1-12-15(5-4-10-20-12)21-16(24)11-23-17(25)19(2,22-18(23)26)13-6-8-14(27-3)9-7-13/h6-9,12,15,20H,4-5,10-11H2,1-3H3,(H,21,24)(H,22,26). The highest BCUT2D eigenvalue weighted by Gasteiger charge is 2.49. The van der Waals surface area contributed by atoms with Gasteiger partial charge in [-0.25, -0.2) is 4.79 Å². The van der Waals surface area contributed by atoms with Crippen molar-refractivity contribution in [2.45, 2.75) is 44.3 Å². The van der Waals surface area contributed by atoms with Crippen molar-refractivity contribution in [3.05, 3.63) is 29.8 Å². The van der Waals surface area contributed by atoms with Crippen LogP contribution in [0.4, 0.5) is 4.79 Å². The molecule has 8 nitrogen and oxygen atoms in total. The quantitative estimate of drug-likeness (QED) is 0.660. The molecule has 2 aliphatic rings. The van der Waals surface area contributed by atoms with Crippen molar-refractivity contribution >= 4 is 17.8 Å². The predicted octanol–water partition coefficient (Wildman–Crippen LogP) is 0.719. The number of methoxy groups -OCH3 is 1. The Hall–Kier alpha value is -2.61. The molecule has 2 fully saturated rings. The van der Waals surface area contributed by atoms with E-state index in [4.69, 9.17) is 4.74 Å². The van der Waals surface area contributed by atoms with Gasteiger partial charge in [0, 0.05) is 12.1 Å². The van der Waals surface area contributed by atoms with Crippen LogP contribution in [0, 0.1) is 0 Å². The lowest BCUT2D eigenvalue weighted by atomic mass is 9.92. The summed E-state index contributed by atoms with van der Waals surface area (Å²) in [6.45, 7) is 4.29. The number of carbonyl (C=O) groups is 3. The third-order valence-electron chi connectivity index (χ3n) is 5.35. The normalized spacial score (nSPS) is 28.0. The van der Waals surface area contributed by atoms with Crippen molar-refractivity contribution in [3.63, 3.8) is 0 Å². The van der Waals surface area contributed by atoms with Crippen LogP contribution in [0.3, 0.4) is 0 Å². The monoisotopic (exact) mass is 374 g/mol. The Morgan fingerprint density at radius 2 is 2.04 bits per heavy atom. The molecule has 0 radical (unpaired) electrons. The molecule has 0 aliphatic carbocycles. The van der Waals surface area contributed by atoms with Crippen molar-refractivity contribution < 1.29 is 19.1 Å². The molecule has 0 saturated carbocycles. The highest BCUT2D eigenvalue weighted by molar-refractivity contribution is 6.09. The molecule has 3 N–H and O–H groups in total. The molecule has 3 rings (SSSR count). The van der Waals surface area contributed by atoms with Gasteiger partial charge in [0.05, 0.1) is 7.11 Å². The van der Waals surface area contributed by atoms with Crippen LogP contribution in [0.1, 0.15) is 32.3 Å². The lowest BCUT2D eigenvalue weighted by molar-refractivity contribution is -0.135. The number of benzene rings is 1. The number of imide groups is 1. The number of rotatable bonds is 5. The Bertz CT molecular complexity index is 736. The predicted molar refractivity (Wildman–Crippen MR) is 99.2 cm³/mol. The number of hydrogen-bond acceptors (Lipinski definition) is 5. The second-order valence-electron chi connectivity index (χ2n) is 7.23. The summed E-state index contributed by atoms with van der Waals surface area (Å²) in [6, 6.07) is 6.52. The molecule has 8 heteroatoms. The maximum atomic E-state index is 12.9. The molecule has 3 atom stereocenters. The molecule has 0 aromatic heterocycles. The molecule has 2 aliphatic heterocycles. The summed E-state index contributed by atoms with van der Waals surface area (Å²) in [4.78, 5) is 38.6. The number of ether oxygens (including phenoxy) is 1. The van der Waals surface area contributed by atoms with Crippen molar-refractivity contribution in [3.8, 4) is 5.75 Å². The van der Waals surface area contributed by atoms with Gasteiger partial charge in [-0.3, -0.25) is 14.5 Å². The largest absolute Gasteiger partial charge is 0.497 e. The fourth-order valence-electron chi connectivity index (χ4n) is 3.60. The summed E-state index contributed by atoms with van der Waals surface area (Å²) in [5.74, 6) is -0.119. The van der Waals surface area contributed by atoms with Crippen LogP contribution < -0.4 is 20.7 Å². The van der Waals surface area contributed by atoms with E-state index in [-0.39, 0.29) is 24.5 Å². The molecule has 27 heavy (non-hydrogen) atoms. The highest BCUT2D eigenvalue weighted by atomic mass is 16.5. The SMILES string of the molecule is COc1ccc(C2(C)NC(=O)N(CC(=O)NC3CCCNC3C)C2=O)cc1. The summed E-state index contributed by atoms with van der Waals surface area (Å²) < 4.78 is 5.13. The average molecular weight is 374 g/mol. The van der Waals surface area contributed by atoms with Crippen LogP contribution >= 0.6 is 0 Å². The third-order valence-corrected chi connectivity index (χ3v) is 5.35. The van der Waals surface area contributed by atoms with Crippen LogP contribution in [-0.4, -0.2) is 55.0 Å². The number of nitrogens with zero attached hydrogens (tertiary/aromatic N) is 1. The van der Waals surface area contributed by atoms with E-state index in [1.165, 1.54) is 0 Å². The van der Waals surface area contributed by atoms with E-state index in [9.17, 15) is 14.4 Å². The minimum Gasteiger partial charge on any atom is -0.497 e. The number of amides is 4. The zero-order chi connectivity index (χ0) is 19.6. The lowest BCUT2D eigenvalue weighted by Gasteiger charge is -2.31. The van der Waals surface area contributed by atoms with Gasteiger partial charge in [-0.1, -0.05) is 12.1 Å². The maximum absolute atomic E-state index is 12.9. The second-order valence-corrected chi connectivity index (χ2v) is 7.23. The van der Waals surface area contributed by atoms with Crippen LogP contribution in [0.25, 0.3) is 0 Å². The number of hydrogen-bond donors (Lipinski definition) is 3. The highest BCUT2D eigenvalue weighted by Crippen LogP contribution is 2.29. The first-order valence-corrected chi connectivity index (χ1v) is 9.16. The van der Waals surface area contributed by atoms with Crippen molar-refractivity contribution in [2.24, 2.45) is 0 Å². The van der Waals surface area contributed by atoms with Crippen LogP contribution in [0.15, 0.2) is 24.3 Å². The summed E-state index contributed by atoms with van der Waals surface area (Å²) in [7, 11) is 1.56. The van der Waals surface area contributed by atoms with Crippen molar-refractivity contribution in [1.29, 1.82) is 0 Å². The number of piperidine rings is 1. The van der Waals surface area contributed by atoms with Gasteiger partial charge in [0.2, 0.25) is 5.91 Å². The van der Waals surface area contributed by atoms with Gasteiger partial charge in [0.15, 0.2) is 0 Å². The molecular weight excluding hydrogens is 348 g/mol. The van der Waals surface area contributed by atoms with Crippen molar-refractivity contribution in [1.82, 2.24) is 20.9 Å². The first-order valence-electron chi connectivity index (χ1n) is 9.16. The molecule has 2 heterocycles. The molecule has 1 aromatic carbocycles. The molecular formula is C19H26N4O4. The Morgan fingerprint density at radius 1 is 1.33 bits per heavy atom. The second kappa shape index (κ2) is 7.56. The molecule has 0 spiro atoms. The van der Waals surface area contributed by atoms with E-state index in [2.05, 4.69) is 16.0 Å². The number of carbonyl (C=O) groups excluding carboxylic acids is 3. The minimum atomic E-state index is -1.21. The van der Waals surface area contributed by atoms with E-state index in [1.54, 1.807) is 38.3 Å². The molecule has 3 unspecified atom stereocenters. The molecule has 0 bridgehead atoms. The van der Waals surface area contributed by atoms with Gasteiger partial charge in [0.25, 0.3) is 5.91 Å². The first-order chi connectivity index (χ1) is 12.8. The van der Waals surface area contributed by atoms with Gasteiger partial charge in [-0.15, -0.1) is 0 Å². The summed E-state index contributed by atoms with van der Waals surface area (Å²) in [5.41, 5.74) is -0.571. The molecule has 4 amide bonds. The summed E-state index contributed by atoms with van der Waals surface area (Å²) in [6.07, 6.45) is 1.86. The topological polar surface area (TPSA) is 99.8 Å². The zero-order valence-corrected chi connectivity index (χ0v) is 15.9. The smallest absolute Gasteiger partial charge is 0.325 e. The Morgan fingerprint density at radius 3 is 2.67 bits per heavy atom. The third kappa shape index (κ3) is 3.75. The van der Waals surface area contributed by atoms with Crippen molar-refractivity contribution in [2.75, 3.05) is 20.2 Å². The van der Waals surface area contributed by atoms with Crippen LogP contribution in [-0.2, 0) is 15.1 Å². The fourth-order valence-corrected chi connectivity index (χ4v) is 3.60. The van der Waals surface area contributed by atoms with E-state index >= 15 is 0 Å². The van der Waals surface area contributed by atoms with Gasteiger partial charge < -0.3 is 20.7 Å². The van der Waals surface area contributed by atoms with Gasteiger partial charge in [-0.2, -0.15) is 0 Å². The van der Waals surface area contributed by atoms with Gasteiger partial charge in [0.1, 0.15) is 17.8 Å². The summed E-state index contributed by atoms with van der Waals surface area (Å²) >= 11 is 0. The fraction of sp³-hybridized carbons (Fsp3) is 0.526. The van der Waals surface area contributed by atoms with Crippen LogP contribution in [0.2, 0.25) is 0 Å². The first kappa shape index (κ1) is 19.2. The Labute approximate surface area is 158 Å². The van der Waals surface area contributed by atoms with E-state index in [0.717, 1.165) is 24.3 Å². The van der Waals surface area contributed by atoms with E-state index < -0.39 is 17.5 Å². The lowest BCUT2D eigenvalue weighted by Crippen LogP contribution is -2.54. The number of nitrogens with one attached hydrogen (secondary N) is 3. The van der Waals surface area contributed by atoms with Gasteiger partial charge in [-0.05, 0) is 50.9 Å². The van der Waals surface area contributed by atoms with E-state index in [0.29, 0.717) is 11.3 Å². The van der Waals surface area contributed by atoms with E-state index in [1.807, 2.05) is 6.92 Å². The zero-order valence-electron chi connectivity index (χ0n) is 15.9. The molecule has 2 saturated heterocycles. The Kier molecular flexibility index (Phi) is 5.36. The average Bonchev–Trinajstić information content (AvgIpc) is 2.88. The molecule has 1 aromatic rings. The summed E-state index contributed by atoms with van der Waals surface area (Å²) in [5, 5.41) is 8.94.